The minimum atomic E-state index is -2.93. The van der Waals surface area contributed by atoms with Crippen LogP contribution in [-0.4, -0.2) is 26.0 Å². The standard InChI is InChI=1S/C10H17NO3S/c1-9(2)15(12,13)6-4-11-7-10-3-5-14-8-10/h3,5,8-9,11H,4,6-7H2,1-2H3. The molecule has 0 spiro atoms. The molecule has 0 aliphatic heterocycles. The molecule has 0 aromatic carbocycles. The van der Waals surface area contributed by atoms with Gasteiger partial charge >= 0.3 is 0 Å². The van der Waals surface area contributed by atoms with Gasteiger partial charge in [0.05, 0.1) is 23.5 Å². The van der Waals surface area contributed by atoms with Crippen molar-refractivity contribution < 1.29 is 12.8 Å². The smallest absolute Gasteiger partial charge is 0.153 e. The summed E-state index contributed by atoms with van der Waals surface area (Å²) in [5, 5.41) is 2.76. The van der Waals surface area contributed by atoms with Crippen molar-refractivity contribution in [1.29, 1.82) is 0 Å². The second-order valence-corrected chi connectivity index (χ2v) is 6.40. The van der Waals surface area contributed by atoms with Crippen molar-refractivity contribution in [2.45, 2.75) is 25.6 Å². The van der Waals surface area contributed by atoms with Gasteiger partial charge in [0.2, 0.25) is 0 Å². The topological polar surface area (TPSA) is 59.3 Å². The van der Waals surface area contributed by atoms with Gasteiger partial charge in [0.1, 0.15) is 0 Å². The van der Waals surface area contributed by atoms with E-state index in [9.17, 15) is 8.42 Å². The van der Waals surface area contributed by atoms with Crippen LogP contribution in [0.5, 0.6) is 0 Å². The van der Waals surface area contributed by atoms with E-state index in [0.717, 1.165) is 5.56 Å². The molecule has 5 heteroatoms. The van der Waals surface area contributed by atoms with Gasteiger partial charge in [-0.25, -0.2) is 8.42 Å². The third-order valence-electron chi connectivity index (χ3n) is 2.19. The van der Waals surface area contributed by atoms with E-state index in [1.807, 2.05) is 6.07 Å². The minimum absolute atomic E-state index is 0.183. The second-order valence-electron chi connectivity index (χ2n) is 3.72. The second kappa shape index (κ2) is 5.32. The summed E-state index contributed by atoms with van der Waals surface area (Å²) in [6, 6.07) is 1.85. The molecule has 0 bridgehead atoms. The van der Waals surface area contributed by atoms with Crippen molar-refractivity contribution in [3.05, 3.63) is 24.2 Å². The highest BCUT2D eigenvalue weighted by Crippen LogP contribution is 2.01. The van der Waals surface area contributed by atoms with Crippen LogP contribution in [0.15, 0.2) is 23.0 Å². The van der Waals surface area contributed by atoms with Crippen LogP contribution in [0.4, 0.5) is 0 Å². The Morgan fingerprint density at radius 1 is 1.47 bits per heavy atom. The first-order valence-electron chi connectivity index (χ1n) is 4.96. The van der Waals surface area contributed by atoms with Crippen LogP contribution < -0.4 is 5.32 Å². The number of nitrogens with one attached hydrogen (secondary N) is 1. The van der Waals surface area contributed by atoms with Gasteiger partial charge in [0, 0.05) is 18.7 Å². The average Bonchev–Trinajstić information content (AvgIpc) is 2.64. The average molecular weight is 231 g/mol. The highest BCUT2D eigenvalue weighted by molar-refractivity contribution is 7.92. The van der Waals surface area contributed by atoms with E-state index in [2.05, 4.69) is 5.32 Å². The Hall–Kier alpha value is -0.810. The summed E-state index contributed by atoms with van der Waals surface area (Å²) in [5.41, 5.74) is 1.02. The molecule has 1 aromatic rings. The predicted octanol–water partition coefficient (Wildman–Crippen LogP) is 1.19. The lowest BCUT2D eigenvalue weighted by atomic mass is 10.3. The molecule has 0 saturated carbocycles. The maximum atomic E-state index is 11.4. The van der Waals surface area contributed by atoms with Crippen LogP contribution in [0.1, 0.15) is 19.4 Å². The van der Waals surface area contributed by atoms with E-state index in [-0.39, 0.29) is 11.0 Å². The number of hydrogen-bond donors (Lipinski definition) is 1. The Balaban J connectivity index is 2.23. The highest BCUT2D eigenvalue weighted by atomic mass is 32.2. The molecule has 1 rings (SSSR count). The van der Waals surface area contributed by atoms with Crippen molar-refractivity contribution >= 4 is 9.84 Å². The van der Waals surface area contributed by atoms with Crippen molar-refractivity contribution in [1.82, 2.24) is 5.32 Å². The number of furan rings is 1. The van der Waals surface area contributed by atoms with Crippen molar-refractivity contribution in [2.24, 2.45) is 0 Å². The molecule has 0 fully saturated rings. The normalized spacial score (nSPS) is 12.2. The molecule has 0 aliphatic carbocycles. The molecule has 0 atom stereocenters. The Morgan fingerprint density at radius 2 is 2.20 bits per heavy atom. The van der Waals surface area contributed by atoms with Crippen LogP contribution in [0.2, 0.25) is 0 Å². The lowest BCUT2D eigenvalue weighted by molar-refractivity contribution is 0.560. The van der Waals surface area contributed by atoms with Gasteiger partial charge in [-0.2, -0.15) is 0 Å². The number of sulfone groups is 1. The Morgan fingerprint density at radius 3 is 2.73 bits per heavy atom. The molecule has 0 unspecified atom stereocenters. The van der Waals surface area contributed by atoms with Crippen LogP contribution in [0.25, 0.3) is 0 Å². The highest BCUT2D eigenvalue weighted by Gasteiger charge is 2.14. The van der Waals surface area contributed by atoms with Gasteiger partial charge in [-0.15, -0.1) is 0 Å². The molecular formula is C10H17NO3S. The molecule has 15 heavy (non-hydrogen) atoms. The van der Waals surface area contributed by atoms with E-state index in [4.69, 9.17) is 4.42 Å². The lowest BCUT2D eigenvalue weighted by Gasteiger charge is -2.07. The largest absolute Gasteiger partial charge is 0.472 e. The lowest BCUT2D eigenvalue weighted by Crippen LogP contribution is -2.26. The van der Waals surface area contributed by atoms with E-state index in [0.29, 0.717) is 13.1 Å². The third kappa shape index (κ3) is 4.05. The van der Waals surface area contributed by atoms with E-state index >= 15 is 0 Å². The molecule has 0 radical (unpaired) electrons. The summed E-state index contributed by atoms with van der Waals surface area (Å²) in [6.45, 7) is 4.52. The first-order valence-corrected chi connectivity index (χ1v) is 6.67. The monoisotopic (exact) mass is 231 g/mol. The van der Waals surface area contributed by atoms with E-state index in [1.165, 1.54) is 0 Å². The van der Waals surface area contributed by atoms with Gasteiger partial charge < -0.3 is 9.73 Å². The van der Waals surface area contributed by atoms with Crippen LogP contribution in [0.3, 0.4) is 0 Å². The minimum Gasteiger partial charge on any atom is -0.472 e. The molecule has 0 amide bonds. The van der Waals surface area contributed by atoms with Crippen LogP contribution in [-0.2, 0) is 16.4 Å². The van der Waals surface area contributed by atoms with Gasteiger partial charge in [-0.05, 0) is 19.9 Å². The summed E-state index contributed by atoms with van der Waals surface area (Å²) in [5.74, 6) is 0.183. The Labute approximate surface area is 90.6 Å². The zero-order chi connectivity index (χ0) is 11.3. The summed E-state index contributed by atoms with van der Waals surface area (Å²) >= 11 is 0. The van der Waals surface area contributed by atoms with Crippen LogP contribution in [0, 0.1) is 0 Å². The quantitative estimate of drug-likeness (QED) is 0.747. The van der Waals surface area contributed by atoms with Crippen LogP contribution >= 0.6 is 0 Å². The number of hydrogen-bond acceptors (Lipinski definition) is 4. The summed E-state index contributed by atoms with van der Waals surface area (Å²) in [4.78, 5) is 0. The van der Waals surface area contributed by atoms with Crippen molar-refractivity contribution in [3.63, 3.8) is 0 Å². The van der Waals surface area contributed by atoms with Gasteiger partial charge in [0.15, 0.2) is 9.84 Å². The van der Waals surface area contributed by atoms with Gasteiger partial charge in [0.25, 0.3) is 0 Å². The predicted molar refractivity (Wildman–Crippen MR) is 59.3 cm³/mol. The fraction of sp³-hybridized carbons (Fsp3) is 0.600. The Bertz CT molecular complexity index is 367. The fourth-order valence-corrected chi connectivity index (χ4v) is 1.98. The fourth-order valence-electron chi connectivity index (χ4n) is 1.08. The molecule has 1 heterocycles. The van der Waals surface area contributed by atoms with Crippen molar-refractivity contribution in [3.8, 4) is 0 Å². The number of rotatable bonds is 6. The molecule has 0 aliphatic rings. The molecule has 1 aromatic heterocycles. The first-order chi connectivity index (χ1) is 7.02. The van der Waals surface area contributed by atoms with Crippen molar-refractivity contribution in [2.75, 3.05) is 12.3 Å². The SMILES string of the molecule is CC(C)S(=O)(=O)CCNCc1ccoc1. The zero-order valence-electron chi connectivity index (χ0n) is 9.06. The third-order valence-corrected chi connectivity index (χ3v) is 4.40. The maximum absolute atomic E-state index is 11.4. The summed E-state index contributed by atoms with van der Waals surface area (Å²) in [6.07, 6.45) is 3.24. The van der Waals surface area contributed by atoms with Gasteiger partial charge in [-0.1, -0.05) is 0 Å². The van der Waals surface area contributed by atoms with E-state index < -0.39 is 9.84 Å². The summed E-state index contributed by atoms with van der Waals surface area (Å²) < 4.78 is 27.8. The summed E-state index contributed by atoms with van der Waals surface area (Å²) in [7, 11) is -2.93. The first kappa shape index (κ1) is 12.3. The molecule has 1 N–H and O–H groups in total. The Kier molecular flexibility index (Phi) is 4.35. The zero-order valence-corrected chi connectivity index (χ0v) is 9.88. The molecule has 0 saturated heterocycles. The molecule has 86 valence electrons. The van der Waals surface area contributed by atoms with Gasteiger partial charge in [-0.3, -0.25) is 0 Å². The molecule has 4 nitrogen and oxygen atoms in total. The maximum Gasteiger partial charge on any atom is 0.153 e. The molecular weight excluding hydrogens is 214 g/mol. The van der Waals surface area contributed by atoms with E-state index in [1.54, 1.807) is 26.4 Å².